The number of nitrogen functional groups attached to an aromatic ring is 1. The largest absolute Gasteiger partial charge is 0.495 e. The van der Waals surface area contributed by atoms with Crippen molar-refractivity contribution < 1.29 is 81.1 Å². The number of carbonyl (C=O) groups is 5. The number of hydrogen-bond acceptors (Lipinski definition) is 23. The van der Waals surface area contributed by atoms with Crippen molar-refractivity contribution in [3.05, 3.63) is 233 Å². The minimum atomic E-state index is -1.12. The summed E-state index contributed by atoms with van der Waals surface area (Å²) in [5.74, 6) is -2.03. The van der Waals surface area contributed by atoms with Crippen LogP contribution >= 0.6 is 86.3 Å². The number of halogens is 5. The van der Waals surface area contributed by atoms with Gasteiger partial charge in [-0.2, -0.15) is 0 Å². The molecule has 750 valence electrons. The molecule has 0 radical (unpaired) electrons. The van der Waals surface area contributed by atoms with Crippen molar-refractivity contribution in [2.75, 3.05) is 92.0 Å². The molecule has 0 bridgehead atoms. The van der Waals surface area contributed by atoms with Crippen molar-refractivity contribution in [2.45, 2.75) is 256 Å². The number of methoxy groups -OCH3 is 1. The van der Waals surface area contributed by atoms with Gasteiger partial charge in [-0.25, -0.2) is 9.59 Å². The third-order valence-electron chi connectivity index (χ3n) is 25.8. The van der Waals surface area contributed by atoms with Gasteiger partial charge in [0.1, 0.15) is 6.61 Å². The number of ketones is 1. The first kappa shape index (κ1) is 113. The maximum absolute atomic E-state index is 12.4. The normalized spacial score (nSPS) is 16.7. The number of fused-ring (bicyclic) bond motifs is 6. The molecule has 4 saturated heterocycles. The van der Waals surface area contributed by atoms with Crippen LogP contribution in [0.5, 0.6) is 0 Å². The number of para-hydroxylation sites is 2. The predicted octanol–water partition coefficient (Wildman–Crippen LogP) is 24.1. The number of hydrogen-bond donors (Lipinski definition) is 8. The topological polar surface area (TPSA) is 330 Å². The van der Waals surface area contributed by atoms with E-state index in [1.165, 1.54) is 70.0 Å². The number of carbonyl (C=O) groups excluding carboxylic acids is 3. The van der Waals surface area contributed by atoms with Crippen molar-refractivity contribution in [2.24, 2.45) is 0 Å². The van der Waals surface area contributed by atoms with Crippen LogP contribution in [0.4, 0.5) is 34.1 Å². The predicted molar refractivity (Wildman–Crippen MR) is 587 cm³/mol. The van der Waals surface area contributed by atoms with E-state index in [1.807, 2.05) is 201 Å². The quantitative estimate of drug-likeness (QED) is 0.0230. The van der Waals surface area contributed by atoms with Crippen molar-refractivity contribution in [3.8, 4) is 11.1 Å². The van der Waals surface area contributed by atoms with E-state index in [4.69, 9.17) is 58.0 Å². The zero-order valence-corrected chi connectivity index (χ0v) is 93.5. The highest BCUT2D eigenvalue weighted by atomic mass is 127. The second kappa shape index (κ2) is 49.8. The van der Waals surface area contributed by atoms with E-state index < -0.39 is 48.3 Å². The highest BCUT2D eigenvalue weighted by Crippen LogP contribution is 2.46. The number of ether oxygens (including phenoxy) is 4. The van der Waals surface area contributed by atoms with Gasteiger partial charge in [-0.15, -0.1) is 0 Å². The molecule has 2 atom stereocenters. The fraction of sp³-hybridized carbons (Fsp3) is 0.449. The van der Waals surface area contributed by atoms with Gasteiger partial charge in [0.05, 0.1) is 77.8 Å². The van der Waals surface area contributed by atoms with Crippen LogP contribution in [0.1, 0.15) is 231 Å². The molecule has 2 aromatic heterocycles. The molecular formula is C107H136B3Br4IN8O17. The lowest BCUT2D eigenvalue weighted by Crippen LogP contribution is -2.41. The van der Waals surface area contributed by atoms with Crippen LogP contribution in [-0.2, 0) is 85.3 Å². The zero-order valence-electron chi connectivity index (χ0n) is 85.0. The first-order valence-electron chi connectivity index (χ1n) is 47.6. The number of pyridine rings is 2. The van der Waals surface area contributed by atoms with E-state index in [9.17, 15) is 29.1 Å². The number of aliphatic carboxylic acids is 2. The number of Topliss-reactive ketones (excluding diaryl/α,β-unsaturated/α-hetero) is 1. The second-order valence-corrected chi connectivity index (χ2v) is 43.8. The Balaban J connectivity index is 0.000000168. The molecule has 0 amide bonds. The molecular weight excluding hydrogens is 2150 g/mol. The number of nitrogens with zero attached hydrogens (tertiary/aromatic N) is 2. The number of cyclic esters (lactones) is 1. The summed E-state index contributed by atoms with van der Waals surface area (Å²) in [5, 5.41) is 37.4. The fourth-order valence-electron chi connectivity index (χ4n) is 16.5. The molecule has 0 saturated carbocycles. The molecule has 8 aliphatic heterocycles. The molecule has 0 spiro atoms. The van der Waals surface area contributed by atoms with Crippen LogP contribution < -0.4 is 37.8 Å². The van der Waals surface area contributed by atoms with E-state index in [2.05, 4.69) is 207 Å². The Morgan fingerprint density at radius 3 is 1.45 bits per heavy atom. The number of aromatic nitrogens is 2. The summed E-state index contributed by atoms with van der Waals surface area (Å²) < 4.78 is 61.2. The average Bonchev–Trinajstić information content (AvgIpc) is 0.768. The molecule has 140 heavy (non-hydrogen) atoms. The number of anilines is 6. The molecule has 8 aromatic carbocycles. The summed E-state index contributed by atoms with van der Waals surface area (Å²) in [5.41, 5.74) is 29.6. The van der Waals surface area contributed by atoms with Gasteiger partial charge in [-0.3, -0.25) is 24.4 Å². The number of benzene rings is 8. The van der Waals surface area contributed by atoms with E-state index >= 15 is 0 Å². The summed E-state index contributed by atoms with van der Waals surface area (Å²) >= 11 is 16.0. The first-order chi connectivity index (χ1) is 65.9. The Morgan fingerprint density at radius 2 is 0.943 bits per heavy atom. The number of nitrogens with two attached hydrogens (primary N) is 1. The summed E-state index contributed by atoms with van der Waals surface area (Å²) in [6.07, 6.45) is 6.48. The van der Waals surface area contributed by atoms with E-state index in [-0.39, 0.29) is 54.7 Å². The third kappa shape index (κ3) is 29.4. The van der Waals surface area contributed by atoms with Gasteiger partial charge in [0.15, 0.2) is 18.0 Å². The molecule has 33 heteroatoms. The van der Waals surface area contributed by atoms with Gasteiger partial charge in [-0.05, 0) is 335 Å². The van der Waals surface area contributed by atoms with Crippen molar-refractivity contribution >= 4 is 199 Å². The second-order valence-electron chi connectivity index (χ2n) is 39.3. The standard InChI is InChI=1S/C26H30N2O3.C17H20INO3.C16H24BNO2.C10H12BrNO2.C10H10BrNO.C10H12BrN.C8H16B2O4.C7H8BrN.C3H4O2/c1-15-18(13-12-17-9-8-14-27-23(15)17)22-19-10-6-7-11-20(19)28-16(2)21(22)24(25(29)30)31-26(3,4)5;1-10-13(15(16(20)21-5)22-17(2,3)4)14(18)11-8-6-7-9-12(11)19-10;1-11-13(9-8-12-7-6-10-18-14(11)12)17-19-15(2,3)16(4,5)20-17;1-7-8(11)3-2-4-9(7)12-6-5-10(13)14;1-6-8(11)3-2-7-9(13)4-5-12-10(6)7;1-7-9(11)5-4-8-3-2-6-12-10(7)8;1-7(2)8(3,4)14-10(13-7)9-11-5-6-12-9;1-5-6(8)3-2-4-7(5)9;4-3-1-2-5-3/h6-7,10-13,24,27H,8-9,14H2,1-5H3,(H,29,30);6-9,15H,1-5H3;8-9,18H,6-7,10H2,1-5H3;2-4,12H,5-6H2,1H3,(H,13,14);2-3,12H,4-5H2,1H3;4-5,12H,2-3,6H2,1H3;5-6H2,1-4H3;2-4H,9H2,1H3;1-2H2/t24-;15-;;;;;;;/m00......./s1. The van der Waals surface area contributed by atoms with Gasteiger partial charge in [0.2, 0.25) is 0 Å². The monoisotopic (exact) mass is 2280 g/mol. The Bertz CT molecular complexity index is 6030. The summed E-state index contributed by atoms with van der Waals surface area (Å²) in [4.78, 5) is 65.5. The lowest BCUT2D eigenvalue weighted by molar-refractivity contribution is -0.164. The van der Waals surface area contributed by atoms with Crippen LogP contribution in [0.15, 0.2) is 151 Å². The van der Waals surface area contributed by atoms with Crippen LogP contribution in [0, 0.1) is 59.0 Å². The number of rotatable bonds is 13. The molecule has 0 aliphatic carbocycles. The molecule has 0 unspecified atom stereocenters. The molecule has 25 nitrogen and oxygen atoms in total. The van der Waals surface area contributed by atoms with Crippen molar-refractivity contribution in [1.82, 2.24) is 9.97 Å². The van der Waals surface area contributed by atoms with Crippen LogP contribution in [0.3, 0.4) is 0 Å². The molecule has 8 aliphatic rings. The van der Waals surface area contributed by atoms with Gasteiger partial charge >= 0.3 is 45.0 Å². The highest BCUT2D eigenvalue weighted by molar-refractivity contribution is 14.1. The van der Waals surface area contributed by atoms with Gasteiger partial charge < -0.3 is 89.4 Å². The third-order valence-corrected chi connectivity index (χ3v) is 30.4. The molecule has 18 rings (SSSR count). The Hall–Kier alpha value is -8.55. The van der Waals surface area contributed by atoms with Gasteiger partial charge in [0.25, 0.3) is 0 Å². The highest BCUT2D eigenvalue weighted by Gasteiger charge is 2.58. The lowest BCUT2D eigenvalue weighted by Gasteiger charge is -2.32. The number of aryl methyl sites for hydroxylation is 5. The Labute approximate surface area is 874 Å². The summed E-state index contributed by atoms with van der Waals surface area (Å²) in [6.45, 7) is 50.2. The SMILES string of the molecule is CC1(C)OB(B2OCCO2)OC1(C)C.COC(=O)[C@@H](OC(C)(C)C)c1c(C)nc2ccccc2c1I.Cc1c(B2OC(C)(C)C(C)(C)O2)ccc2c1NCCC2.Cc1c(Br)ccc2c1NCCC2.Cc1c(Br)ccc2c1NCCC2=O.Cc1c(Br)cccc1NCCC(=O)O.Cc1c(N)cccc1Br.Cc1nc2ccccc2c(-c2ccc3c(c2C)NCCC3)c1[C@H](OC(C)(C)C)C(=O)O.O=C1CCO1. The molecule has 9 N–H and O–H groups in total. The van der Waals surface area contributed by atoms with E-state index in [1.54, 1.807) is 0 Å². The van der Waals surface area contributed by atoms with Crippen molar-refractivity contribution in [1.29, 1.82) is 0 Å². The Kier molecular flexibility index (Phi) is 40.4. The number of carboxylic acid groups (broad SMARTS) is 2. The Morgan fingerprint density at radius 1 is 0.500 bits per heavy atom. The first-order valence-corrected chi connectivity index (χ1v) is 51.8. The average molecular weight is 2290 g/mol. The van der Waals surface area contributed by atoms with Gasteiger partial charge in [0, 0.05) is 134 Å². The molecule has 10 heterocycles. The van der Waals surface area contributed by atoms with Crippen LogP contribution in [-0.4, -0.2) is 164 Å². The maximum Gasteiger partial charge on any atom is 0.495 e. The smallest absolute Gasteiger partial charge is 0.481 e. The van der Waals surface area contributed by atoms with E-state index in [0.29, 0.717) is 50.5 Å². The minimum Gasteiger partial charge on any atom is -0.481 e. The van der Waals surface area contributed by atoms with Crippen molar-refractivity contribution in [3.63, 3.8) is 0 Å². The maximum atomic E-state index is 12.4. The van der Waals surface area contributed by atoms with E-state index in [0.717, 1.165) is 163 Å². The summed E-state index contributed by atoms with van der Waals surface area (Å²) in [6, 6.07) is 44.2. The zero-order chi connectivity index (χ0) is 103. The number of nitrogens with one attached hydrogen (secondary N) is 5. The number of esters is 2. The molecule has 10 aromatic rings. The minimum absolute atomic E-state index is 0.0648. The fourth-order valence-corrected chi connectivity index (χ4v) is 19.0. The lowest BCUT2D eigenvalue weighted by atomic mass is 9.49. The van der Waals surface area contributed by atoms with Crippen LogP contribution in [0.25, 0.3) is 32.9 Å². The van der Waals surface area contributed by atoms with Gasteiger partial charge in [-0.1, -0.05) is 143 Å². The number of carboxylic acids is 2. The molecule has 4 fully saturated rings. The van der Waals surface area contributed by atoms with Crippen LogP contribution in [0.2, 0.25) is 0 Å². The summed E-state index contributed by atoms with van der Waals surface area (Å²) in [7, 11) is 0.338.